The number of halogens is 1. The lowest BCUT2D eigenvalue weighted by Crippen LogP contribution is -2.31. The molecule has 1 aromatic heterocycles. The first-order valence-corrected chi connectivity index (χ1v) is 13.6. The van der Waals surface area contributed by atoms with Crippen molar-refractivity contribution in [1.29, 1.82) is 0 Å². The fraction of sp³-hybridized carbons (Fsp3) is 0.259. The van der Waals surface area contributed by atoms with Crippen LogP contribution < -0.4 is 35.1 Å². The third-order valence-corrected chi connectivity index (χ3v) is 7.23. The van der Waals surface area contributed by atoms with Crippen LogP contribution in [0.25, 0.3) is 0 Å². The molecule has 0 unspecified atom stereocenters. The summed E-state index contributed by atoms with van der Waals surface area (Å²) in [4.78, 5) is 26.8. The predicted octanol–water partition coefficient (Wildman–Crippen LogP) is 3.13. The molecule has 1 fully saturated rings. The number of carbonyl (C=O) groups is 1. The zero-order chi connectivity index (χ0) is 29.2. The molecule has 1 amide bonds. The van der Waals surface area contributed by atoms with E-state index in [1.807, 2.05) is 0 Å². The molecule has 0 aliphatic heterocycles. The van der Waals surface area contributed by atoms with Crippen LogP contribution in [0.4, 0.5) is 21.6 Å². The molecular formula is C27H28FN5O6S. The van der Waals surface area contributed by atoms with Crippen LogP contribution in [0.5, 0.6) is 17.2 Å². The lowest BCUT2D eigenvalue weighted by atomic mass is 10.1. The van der Waals surface area contributed by atoms with Gasteiger partial charge in [-0.25, -0.2) is 9.11 Å². The summed E-state index contributed by atoms with van der Waals surface area (Å²) in [5, 5.41) is 5.75. The van der Waals surface area contributed by atoms with Crippen LogP contribution in [0.1, 0.15) is 34.3 Å². The number of amides is 1. The fourth-order valence-electron chi connectivity index (χ4n) is 3.85. The minimum Gasteiger partial charge on any atom is -0.493 e. The summed E-state index contributed by atoms with van der Waals surface area (Å²) < 4.78 is 55.8. The van der Waals surface area contributed by atoms with Crippen molar-refractivity contribution >= 4 is 33.3 Å². The van der Waals surface area contributed by atoms with E-state index in [9.17, 15) is 22.4 Å². The molecule has 1 aliphatic carbocycles. The molecule has 13 heteroatoms. The van der Waals surface area contributed by atoms with E-state index in [1.54, 1.807) is 0 Å². The minimum absolute atomic E-state index is 0.00604. The Kier molecular flexibility index (Phi) is 8.03. The molecule has 0 atom stereocenters. The first-order chi connectivity index (χ1) is 19.0. The van der Waals surface area contributed by atoms with Crippen LogP contribution in [0.2, 0.25) is 0 Å². The number of anilines is 3. The first-order valence-electron chi connectivity index (χ1n) is 12.1. The molecule has 2 aromatic carbocycles. The maximum absolute atomic E-state index is 14.9. The maximum atomic E-state index is 14.9. The van der Waals surface area contributed by atoms with E-state index in [4.69, 9.17) is 15.9 Å². The molecule has 1 aliphatic rings. The molecule has 0 bridgehead atoms. The van der Waals surface area contributed by atoms with Crippen LogP contribution in [0, 0.1) is 25.1 Å². The second-order valence-corrected chi connectivity index (χ2v) is 10.7. The Morgan fingerprint density at radius 3 is 2.50 bits per heavy atom. The molecule has 210 valence electrons. The Labute approximate surface area is 230 Å². The number of nitrogens with one attached hydrogen (secondary N) is 4. The van der Waals surface area contributed by atoms with E-state index < -0.39 is 27.5 Å². The van der Waals surface area contributed by atoms with Gasteiger partial charge in [0.1, 0.15) is 17.2 Å². The van der Waals surface area contributed by atoms with Gasteiger partial charge in [0.05, 0.1) is 24.0 Å². The third-order valence-electron chi connectivity index (χ3n) is 6.19. The van der Waals surface area contributed by atoms with Gasteiger partial charge in [-0.15, -0.1) is 6.42 Å². The SMILES string of the molecule is C#Cc1ccc(Nc2c(C(=O)NC3CC3)c(Oc3ccc(NS(=O)(=O)NC)cc3OC)c(C)c(=O)n2C)c(F)c1. The van der Waals surface area contributed by atoms with E-state index in [-0.39, 0.29) is 51.6 Å². The summed E-state index contributed by atoms with van der Waals surface area (Å²) in [6.45, 7) is 1.50. The lowest BCUT2D eigenvalue weighted by molar-refractivity contribution is 0.0948. The molecule has 3 aromatic rings. The fourth-order valence-corrected chi connectivity index (χ4v) is 4.39. The number of ether oxygens (including phenoxy) is 2. The van der Waals surface area contributed by atoms with E-state index in [0.717, 1.165) is 18.9 Å². The van der Waals surface area contributed by atoms with E-state index >= 15 is 0 Å². The predicted molar refractivity (Wildman–Crippen MR) is 149 cm³/mol. The molecule has 11 nitrogen and oxygen atoms in total. The summed E-state index contributed by atoms with van der Waals surface area (Å²) in [5.41, 5.74) is 0.0675. The summed E-state index contributed by atoms with van der Waals surface area (Å²) in [7, 11) is 0.262. The lowest BCUT2D eigenvalue weighted by Gasteiger charge is -2.22. The van der Waals surface area contributed by atoms with Crippen molar-refractivity contribution in [2.24, 2.45) is 7.05 Å². The third kappa shape index (κ3) is 6.03. The van der Waals surface area contributed by atoms with Crippen molar-refractivity contribution in [2.45, 2.75) is 25.8 Å². The van der Waals surface area contributed by atoms with Gasteiger partial charge in [0.2, 0.25) is 0 Å². The van der Waals surface area contributed by atoms with Gasteiger partial charge in [-0.3, -0.25) is 18.9 Å². The number of nitrogens with zero attached hydrogens (tertiary/aromatic N) is 1. The Balaban J connectivity index is 1.85. The van der Waals surface area contributed by atoms with Crippen molar-refractivity contribution < 1.29 is 27.1 Å². The number of rotatable bonds is 10. The van der Waals surface area contributed by atoms with Crippen LogP contribution >= 0.6 is 0 Å². The van der Waals surface area contributed by atoms with Crippen molar-refractivity contribution in [2.75, 3.05) is 24.2 Å². The molecule has 4 rings (SSSR count). The highest BCUT2D eigenvalue weighted by Gasteiger charge is 2.31. The topological polar surface area (TPSA) is 140 Å². The van der Waals surface area contributed by atoms with Crippen molar-refractivity contribution in [3.63, 3.8) is 0 Å². The Hall–Kier alpha value is -4.54. The standard InChI is InChI=1S/C27H28FN5O6S/c1-6-16-7-11-20(19(28)13-16)31-25-23(26(34)30-17-8-9-17)24(15(2)27(35)33(25)4)39-21-12-10-18(14-22(21)38-5)32-40(36,37)29-3/h1,7,10-14,17,29,31-32H,8-9H2,2-5H3,(H,30,34). The van der Waals surface area contributed by atoms with Gasteiger partial charge in [-0.05, 0) is 50.1 Å². The smallest absolute Gasteiger partial charge is 0.298 e. The largest absolute Gasteiger partial charge is 0.493 e. The highest BCUT2D eigenvalue weighted by Crippen LogP contribution is 2.39. The number of aromatic nitrogens is 1. The molecule has 0 spiro atoms. The minimum atomic E-state index is -3.80. The molecule has 40 heavy (non-hydrogen) atoms. The molecule has 0 saturated heterocycles. The van der Waals surface area contributed by atoms with Gasteiger partial charge in [0.25, 0.3) is 21.7 Å². The average molecular weight is 570 g/mol. The second-order valence-electron chi connectivity index (χ2n) is 9.03. The number of pyridine rings is 1. The average Bonchev–Trinajstić information content (AvgIpc) is 3.75. The number of carbonyl (C=O) groups excluding carboxylic acids is 1. The molecule has 4 N–H and O–H groups in total. The van der Waals surface area contributed by atoms with E-state index in [1.165, 1.54) is 63.0 Å². The number of hydrogen-bond donors (Lipinski definition) is 4. The van der Waals surface area contributed by atoms with Crippen LogP contribution in [0.3, 0.4) is 0 Å². The highest BCUT2D eigenvalue weighted by molar-refractivity contribution is 7.90. The number of methoxy groups -OCH3 is 1. The highest BCUT2D eigenvalue weighted by atomic mass is 32.2. The molecular weight excluding hydrogens is 541 g/mol. The zero-order valence-electron chi connectivity index (χ0n) is 22.2. The van der Waals surface area contributed by atoms with Crippen molar-refractivity contribution in [1.82, 2.24) is 14.6 Å². The Morgan fingerprint density at radius 1 is 1.18 bits per heavy atom. The summed E-state index contributed by atoms with van der Waals surface area (Å²) in [6.07, 6.45) is 6.96. The zero-order valence-corrected chi connectivity index (χ0v) is 23.0. The molecule has 0 radical (unpaired) electrons. The van der Waals surface area contributed by atoms with Crippen molar-refractivity contribution in [3.05, 3.63) is 69.3 Å². The van der Waals surface area contributed by atoms with Crippen LogP contribution in [-0.4, -0.2) is 39.1 Å². The van der Waals surface area contributed by atoms with E-state index in [2.05, 4.69) is 26.0 Å². The molecule has 1 saturated carbocycles. The Bertz CT molecular complexity index is 1690. The number of benzene rings is 2. The van der Waals surface area contributed by atoms with Gasteiger partial charge in [-0.2, -0.15) is 8.42 Å². The van der Waals surface area contributed by atoms with E-state index in [0.29, 0.717) is 5.56 Å². The van der Waals surface area contributed by atoms with Crippen LogP contribution in [0.15, 0.2) is 41.2 Å². The summed E-state index contributed by atoms with van der Waals surface area (Å²) in [6, 6.07) is 8.29. The van der Waals surface area contributed by atoms with Crippen LogP contribution in [-0.2, 0) is 17.3 Å². The Morgan fingerprint density at radius 2 is 1.90 bits per heavy atom. The van der Waals surface area contributed by atoms with Gasteiger partial charge in [0, 0.05) is 31.8 Å². The van der Waals surface area contributed by atoms with Gasteiger partial charge < -0.3 is 20.1 Å². The van der Waals surface area contributed by atoms with Crippen molar-refractivity contribution in [3.8, 4) is 29.6 Å². The monoisotopic (exact) mass is 569 g/mol. The van der Waals surface area contributed by atoms with Gasteiger partial charge >= 0.3 is 0 Å². The maximum Gasteiger partial charge on any atom is 0.298 e. The summed E-state index contributed by atoms with van der Waals surface area (Å²) in [5.74, 6) is 1.28. The second kappa shape index (κ2) is 11.3. The normalized spacial score (nSPS) is 12.8. The number of terminal acetylenes is 1. The number of hydrogen-bond acceptors (Lipinski definition) is 7. The molecule has 1 heterocycles. The van der Waals surface area contributed by atoms with Gasteiger partial charge in [0.15, 0.2) is 17.2 Å². The summed E-state index contributed by atoms with van der Waals surface area (Å²) >= 11 is 0. The quantitative estimate of drug-likeness (QED) is 0.275. The first kappa shape index (κ1) is 28.5. The van der Waals surface area contributed by atoms with Gasteiger partial charge in [-0.1, -0.05) is 5.92 Å².